The SMILES string of the molecule is CC(=O)c1ccc(N2CCCCC2)cc1C(=O)c1ccccc1. The first-order valence-corrected chi connectivity index (χ1v) is 8.16. The lowest BCUT2D eigenvalue weighted by Gasteiger charge is -2.29. The van der Waals surface area contributed by atoms with E-state index in [2.05, 4.69) is 4.90 Å². The van der Waals surface area contributed by atoms with Gasteiger partial charge in [0.15, 0.2) is 11.6 Å². The van der Waals surface area contributed by atoms with Crippen LogP contribution < -0.4 is 4.90 Å². The number of anilines is 1. The molecule has 1 saturated heterocycles. The minimum absolute atomic E-state index is 0.0746. The molecule has 1 aliphatic rings. The highest BCUT2D eigenvalue weighted by Gasteiger charge is 2.19. The fraction of sp³-hybridized carbons (Fsp3) is 0.300. The number of hydrogen-bond donors (Lipinski definition) is 0. The van der Waals surface area contributed by atoms with Crippen molar-refractivity contribution in [2.75, 3.05) is 18.0 Å². The molecule has 3 rings (SSSR count). The zero-order valence-electron chi connectivity index (χ0n) is 13.4. The van der Waals surface area contributed by atoms with E-state index in [0.717, 1.165) is 18.8 Å². The largest absolute Gasteiger partial charge is 0.372 e. The van der Waals surface area contributed by atoms with Crippen LogP contribution in [0.25, 0.3) is 0 Å². The molecule has 1 aliphatic heterocycles. The Morgan fingerprint density at radius 1 is 0.870 bits per heavy atom. The molecule has 3 nitrogen and oxygen atoms in total. The van der Waals surface area contributed by atoms with E-state index >= 15 is 0 Å². The molecule has 0 unspecified atom stereocenters. The van der Waals surface area contributed by atoms with Crippen molar-refractivity contribution in [1.29, 1.82) is 0 Å². The predicted octanol–water partition coefficient (Wildman–Crippen LogP) is 4.11. The van der Waals surface area contributed by atoms with Crippen LogP contribution in [0.1, 0.15) is 52.5 Å². The molecule has 0 atom stereocenters. The Bertz CT molecular complexity index is 716. The second kappa shape index (κ2) is 6.78. The number of nitrogens with zero attached hydrogens (tertiary/aromatic N) is 1. The van der Waals surface area contributed by atoms with Crippen molar-refractivity contribution in [2.45, 2.75) is 26.2 Å². The van der Waals surface area contributed by atoms with Gasteiger partial charge in [-0.05, 0) is 44.4 Å². The van der Waals surface area contributed by atoms with Crippen LogP contribution in [0.4, 0.5) is 5.69 Å². The highest BCUT2D eigenvalue weighted by atomic mass is 16.1. The number of benzene rings is 2. The summed E-state index contributed by atoms with van der Waals surface area (Å²) in [6, 6.07) is 14.8. The summed E-state index contributed by atoms with van der Waals surface area (Å²) in [4.78, 5) is 27.1. The zero-order chi connectivity index (χ0) is 16.2. The summed E-state index contributed by atoms with van der Waals surface area (Å²) in [6.07, 6.45) is 3.62. The van der Waals surface area contributed by atoms with Gasteiger partial charge >= 0.3 is 0 Å². The third-order valence-corrected chi connectivity index (χ3v) is 4.38. The maximum atomic E-state index is 12.8. The molecule has 23 heavy (non-hydrogen) atoms. The highest BCUT2D eigenvalue weighted by Crippen LogP contribution is 2.25. The predicted molar refractivity (Wildman–Crippen MR) is 92.4 cm³/mol. The Labute approximate surface area is 136 Å². The standard InChI is InChI=1S/C20H21NO2/c1-15(22)18-11-10-17(21-12-6-3-7-13-21)14-19(18)20(23)16-8-4-2-5-9-16/h2,4-5,8-11,14H,3,6-7,12-13H2,1H3. The monoisotopic (exact) mass is 307 g/mol. The van der Waals surface area contributed by atoms with Crippen molar-refractivity contribution in [3.05, 3.63) is 65.2 Å². The number of rotatable bonds is 4. The molecular weight excluding hydrogens is 286 g/mol. The third kappa shape index (κ3) is 3.34. The Balaban J connectivity index is 2.01. The molecule has 0 N–H and O–H groups in total. The van der Waals surface area contributed by atoms with E-state index in [0.29, 0.717) is 16.7 Å². The molecule has 118 valence electrons. The normalized spacial score (nSPS) is 14.6. The van der Waals surface area contributed by atoms with Crippen molar-refractivity contribution >= 4 is 17.3 Å². The van der Waals surface area contributed by atoms with Gasteiger partial charge in [-0.25, -0.2) is 0 Å². The molecule has 0 bridgehead atoms. The number of Topliss-reactive ketones (excluding diaryl/α,β-unsaturated/α-hetero) is 1. The van der Waals surface area contributed by atoms with Gasteiger partial charge in [-0.3, -0.25) is 9.59 Å². The van der Waals surface area contributed by atoms with Crippen molar-refractivity contribution < 1.29 is 9.59 Å². The minimum Gasteiger partial charge on any atom is -0.372 e. The molecule has 2 aromatic carbocycles. The maximum Gasteiger partial charge on any atom is 0.193 e. The molecule has 1 fully saturated rings. The van der Waals surface area contributed by atoms with Gasteiger partial charge in [-0.15, -0.1) is 0 Å². The maximum absolute atomic E-state index is 12.8. The van der Waals surface area contributed by atoms with E-state index in [1.807, 2.05) is 30.3 Å². The van der Waals surface area contributed by atoms with Gasteiger partial charge in [0.2, 0.25) is 0 Å². The van der Waals surface area contributed by atoms with Gasteiger partial charge in [0.1, 0.15) is 0 Å². The Morgan fingerprint density at radius 3 is 2.22 bits per heavy atom. The number of hydrogen-bond acceptors (Lipinski definition) is 3. The minimum atomic E-state index is -0.0883. The summed E-state index contributed by atoms with van der Waals surface area (Å²) >= 11 is 0. The van der Waals surface area contributed by atoms with Crippen LogP contribution in [-0.2, 0) is 0 Å². The van der Waals surface area contributed by atoms with Gasteiger partial charge in [0.25, 0.3) is 0 Å². The molecule has 0 amide bonds. The first kappa shape index (κ1) is 15.5. The van der Waals surface area contributed by atoms with Crippen LogP contribution in [0.3, 0.4) is 0 Å². The molecular formula is C20H21NO2. The molecule has 0 aromatic heterocycles. The molecule has 0 aliphatic carbocycles. The van der Waals surface area contributed by atoms with Crippen LogP contribution in [0, 0.1) is 0 Å². The van der Waals surface area contributed by atoms with Gasteiger partial charge in [0.05, 0.1) is 0 Å². The van der Waals surface area contributed by atoms with Crippen molar-refractivity contribution in [2.24, 2.45) is 0 Å². The average Bonchev–Trinajstić information content (AvgIpc) is 2.62. The molecule has 0 radical (unpaired) electrons. The van der Waals surface area contributed by atoms with E-state index in [1.54, 1.807) is 18.2 Å². The zero-order valence-corrected chi connectivity index (χ0v) is 13.4. The van der Waals surface area contributed by atoms with E-state index in [-0.39, 0.29) is 11.6 Å². The second-order valence-corrected chi connectivity index (χ2v) is 6.03. The summed E-state index contributed by atoms with van der Waals surface area (Å²) in [5.74, 6) is -0.163. The van der Waals surface area contributed by atoms with E-state index in [4.69, 9.17) is 0 Å². The van der Waals surface area contributed by atoms with Crippen molar-refractivity contribution in [3.63, 3.8) is 0 Å². The summed E-state index contributed by atoms with van der Waals surface area (Å²) < 4.78 is 0. The number of carbonyl (C=O) groups is 2. The van der Waals surface area contributed by atoms with Gasteiger partial charge in [-0.1, -0.05) is 30.3 Å². The Hall–Kier alpha value is -2.42. The third-order valence-electron chi connectivity index (χ3n) is 4.38. The molecule has 0 saturated carbocycles. The smallest absolute Gasteiger partial charge is 0.193 e. The number of carbonyl (C=O) groups excluding carboxylic acids is 2. The van der Waals surface area contributed by atoms with Crippen LogP contribution in [-0.4, -0.2) is 24.7 Å². The number of ketones is 2. The van der Waals surface area contributed by atoms with Crippen molar-refractivity contribution in [1.82, 2.24) is 0 Å². The van der Waals surface area contributed by atoms with E-state index < -0.39 is 0 Å². The van der Waals surface area contributed by atoms with Crippen LogP contribution in [0.5, 0.6) is 0 Å². The average molecular weight is 307 g/mol. The first-order valence-electron chi connectivity index (χ1n) is 8.16. The molecule has 1 heterocycles. The van der Waals surface area contributed by atoms with Gasteiger partial charge in [0, 0.05) is 35.5 Å². The lowest BCUT2D eigenvalue weighted by atomic mass is 9.95. The first-order chi connectivity index (χ1) is 11.2. The van der Waals surface area contributed by atoms with Crippen LogP contribution in [0.15, 0.2) is 48.5 Å². The Kier molecular flexibility index (Phi) is 4.56. The molecule has 3 heteroatoms. The van der Waals surface area contributed by atoms with Crippen LogP contribution in [0.2, 0.25) is 0 Å². The molecule has 0 spiro atoms. The summed E-state index contributed by atoms with van der Waals surface area (Å²) in [6.45, 7) is 3.54. The fourth-order valence-electron chi connectivity index (χ4n) is 3.12. The van der Waals surface area contributed by atoms with E-state index in [1.165, 1.54) is 26.2 Å². The van der Waals surface area contributed by atoms with E-state index in [9.17, 15) is 9.59 Å². The highest BCUT2D eigenvalue weighted by molar-refractivity contribution is 6.15. The summed E-state index contributed by atoms with van der Waals surface area (Å²) in [7, 11) is 0. The quantitative estimate of drug-likeness (QED) is 0.798. The van der Waals surface area contributed by atoms with Crippen LogP contribution >= 0.6 is 0 Å². The topological polar surface area (TPSA) is 37.4 Å². The van der Waals surface area contributed by atoms with Gasteiger partial charge < -0.3 is 4.90 Å². The second-order valence-electron chi connectivity index (χ2n) is 6.03. The van der Waals surface area contributed by atoms with Crippen molar-refractivity contribution in [3.8, 4) is 0 Å². The molecule has 2 aromatic rings. The summed E-state index contributed by atoms with van der Waals surface area (Å²) in [5, 5.41) is 0. The van der Waals surface area contributed by atoms with Gasteiger partial charge in [-0.2, -0.15) is 0 Å². The summed E-state index contributed by atoms with van der Waals surface area (Å²) in [5.41, 5.74) is 2.66. The Morgan fingerprint density at radius 2 is 1.57 bits per heavy atom. The lowest BCUT2D eigenvalue weighted by molar-refractivity contribution is 0.0990. The number of piperidine rings is 1. The lowest BCUT2D eigenvalue weighted by Crippen LogP contribution is -2.29. The fourth-order valence-corrected chi connectivity index (χ4v) is 3.12.